The first-order chi connectivity index (χ1) is 12.1. The van der Waals surface area contributed by atoms with Crippen molar-refractivity contribution in [3.05, 3.63) is 75.8 Å². The number of hydrogen-bond donors (Lipinski definition) is 1. The zero-order valence-electron chi connectivity index (χ0n) is 14.3. The molecule has 0 aromatic heterocycles. The average Bonchev–Trinajstić information content (AvgIpc) is 2.64. The van der Waals surface area contributed by atoms with E-state index in [1.807, 2.05) is 30.3 Å². The summed E-state index contributed by atoms with van der Waals surface area (Å²) in [5, 5.41) is 13.9. The molecule has 130 valence electrons. The number of nitro benzene ring substituents is 1. The summed E-state index contributed by atoms with van der Waals surface area (Å²) in [6.45, 7) is 2.73. The van der Waals surface area contributed by atoms with Gasteiger partial charge in [-0.15, -0.1) is 0 Å². The summed E-state index contributed by atoms with van der Waals surface area (Å²) in [5.74, 6) is -0.172. The van der Waals surface area contributed by atoms with Crippen molar-refractivity contribution < 1.29 is 9.72 Å². The van der Waals surface area contributed by atoms with Crippen LogP contribution in [0.4, 0.5) is 5.69 Å². The molecule has 0 spiro atoms. The van der Waals surface area contributed by atoms with Crippen LogP contribution in [-0.4, -0.2) is 17.4 Å². The number of amides is 1. The van der Waals surface area contributed by atoms with E-state index in [9.17, 15) is 14.9 Å². The lowest BCUT2D eigenvalue weighted by atomic mass is 10.0. The van der Waals surface area contributed by atoms with Gasteiger partial charge < -0.3 is 5.32 Å². The molecule has 0 bridgehead atoms. The van der Waals surface area contributed by atoms with E-state index in [2.05, 4.69) is 12.2 Å². The molecule has 0 heterocycles. The third-order valence-corrected chi connectivity index (χ3v) is 3.79. The van der Waals surface area contributed by atoms with Crippen molar-refractivity contribution in [2.75, 3.05) is 6.54 Å². The highest BCUT2D eigenvalue weighted by atomic mass is 16.6. The quantitative estimate of drug-likeness (QED) is 0.254. The number of carbonyl (C=O) groups excluding carboxylic acids is 1. The molecule has 5 nitrogen and oxygen atoms in total. The molecule has 0 aliphatic heterocycles. The fourth-order valence-electron chi connectivity index (χ4n) is 2.46. The molecule has 2 aromatic rings. The molecule has 2 aromatic carbocycles. The predicted molar refractivity (Wildman–Crippen MR) is 99.9 cm³/mol. The van der Waals surface area contributed by atoms with Gasteiger partial charge in [0.05, 0.1) is 4.92 Å². The third kappa shape index (κ3) is 5.57. The molecule has 5 heteroatoms. The van der Waals surface area contributed by atoms with Gasteiger partial charge >= 0.3 is 0 Å². The van der Waals surface area contributed by atoms with Crippen molar-refractivity contribution >= 4 is 23.2 Å². The lowest BCUT2D eigenvalue weighted by Gasteiger charge is -2.09. The van der Waals surface area contributed by atoms with Gasteiger partial charge in [-0.1, -0.05) is 62.2 Å². The van der Waals surface area contributed by atoms with E-state index >= 15 is 0 Å². The summed E-state index contributed by atoms with van der Waals surface area (Å²) in [6, 6.07) is 15.6. The number of benzene rings is 2. The summed E-state index contributed by atoms with van der Waals surface area (Å²) in [7, 11) is 0. The number of nitrogens with zero attached hydrogens (tertiary/aromatic N) is 1. The monoisotopic (exact) mass is 338 g/mol. The molecule has 25 heavy (non-hydrogen) atoms. The van der Waals surface area contributed by atoms with Crippen molar-refractivity contribution in [3.63, 3.8) is 0 Å². The van der Waals surface area contributed by atoms with Gasteiger partial charge in [-0.2, -0.15) is 0 Å². The van der Waals surface area contributed by atoms with Crippen LogP contribution in [0.3, 0.4) is 0 Å². The molecule has 0 saturated carbocycles. The van der Waals surface area contributed by atoms with Gasteiger partial charge in [0.1, 0.15) is 0 Å². The molecule has 0 atom stereocenters. The van der Waals surface area contributed by atoms with Crippen LogP contribution in [0.1, 0.15) is 37.3 Å². The summed E-state index contributed by atoms with van der Waals surface area (Å²) in [5.41, 5.74) is 1.90. The van der Waals surface area contributed by atoms with E-state index in [1.54, 1.807) is 18.2 Å². The summed E-state index contributed by atoms with van der Waals surface area (Å²) in [6.07, 6.45) is 4.78. The van der Waals surface area contributed by atoms with E-state index in [0.29, 0.717) is 17.7 Å². The van der Waals surface area contributed by atoms with Crippen molar-refractivity contribution in [1.29, 1.82) is 0 Å². The minimum atomic E-state index is -0.440. The lowest BCUT2D eigenvalue weighted by Crippen LogP contribution is -2.25. The molecule has 1 amide bonds. The van der Waals surface area contributed by atoms with Crippen LogP contribution >= 0.6 is 0 Å². The Morgan fingerprint density at radius 2 is 1.88 bits per heavy atom. The van der Waals surface area contributed by atoms with Crippen LogP contribution in [-0.2, 0) is 4.79 Å². The Balaban J connectivity index is 2.30. The molecule has 0 aliphatic carbocycles. The molecular weight excluding hydrogens is 316 g/mol. The van der Waals surface area contributed by atoms with Crippen molar-refractivity contribution in [2.24, 2.45) is 0 Å². The maximum atomic E-state index is 12.6. The van der Waals surface area contributed by atoms with Crippen molar-refractivity contribution in [3.8, 4) is 0 Å². The fraction of sp³-hybridized carbons (Fsp3) is 0.250. The van der Waals surface area contributed by atoms with Gasteiger partial charge in [-0.25, -0.2) is 0 Å². The maximum absolute atomic E-state index is 12.6. The average molecular weight is 338 g/mol. The lowest BCUT2D eigenvalue weighted by molar-refractivity contribution is -0.384. The highest BCUT2D eigenvalue weighted by Gasteiger charge is 2.12. The number of nitro groups is 1. The first kappa shape index (κ1) is 18.4. The number of carbonyl (C=O) groups is 1. The highest BCUT2D eigenvalue weighted by molar-refractivity contribution is 6.24. The Labute approximate surface area is 147 Å². The van der Waals surface area contributed by atoms with E-state index < -0.39 is 4.92 Å². The number of nitrogens with one attached hydrogen (secondary N) is 1. The minimum absolute atomic E-state index is 0.00418. The number of hydrogen-bond acceptors (Lipinski definition) is 3. The fourth-order valence-corrected chi connectivity index (χ4v) is 2.46. The van der Waals surface area contributed by atoms with Gasteiger partial charge in [-0.05, 0) is 23.6 Å². The number of rotatable bonds is 8. The molecule has 0 saturated heterocycles. The molecule has 2 rings (SSSR count). The molecule has 0 fully saturated rings. The zero-order chi connectivity index (χ0) is 18.1. The Hall–Kier alpha value is -2.95. The Morgan fingerprint density at radius 1 is 1.12 bits per heavy atom. The van der Waals surface area contributed by atoms with Gasteiger partial charge in [0.15, 0.2) is 0 Å². The van der Waals surface area contributed by atoms with E-state index in [0.717, 1.165) is 24.8 Å². The van der Waals surface area contributed by atoms with Gasteiger partial charge in [0, 0.05) is 24.3 Å². The predicted octanol–water partition coefficient (Wildman–Crippen LogP) is 4.44. The highest BCUT2D eigenvalue weighted by Crippen LogP contribution is 2.21. The first-order valence-corrected chi connectivity index (χ1v) is 8.41. The van der Waals surface area contributed by atoms with Crippen LogP contribution in [0.25, 0.3) is 11.6 Å². The van der Waals surface area contributed by atoms with Crippen LogP contribution in [0.5, 0.6) is 0 Å². The second kappa shape index (κ2) is 9.37. The molecule has 0 unspecified atom stereocenters. The van der Waals surface area contributed by atoms with Crippen LogP contribution < -0.4 is 5.32 Å². The zero-order valence-corrected chi connectivity index (χ0v) is 14.3. The van der Waals surface area contributed by atoms with Crippen LogP contribution in [0.2, 0.25) is 0 Å². The van der Waals surface area contributed by atoms with Crippen LogP contribution in [0, 0.1) is 10.1 Å². The van der Waals surface area contributed by atoms with Gasteiger partial charge in [0.2, 0.25) is 0 Å². The first-order valence-electron chi connectivity index (χ1n) is 8.41. The third-order valence-electron chi connectivity index (χ3n) is 3.79. The number of non-ortho nitro benzene ring substituents is 1. The van der Waals surface area contributed by atoms with E-state index in [-0.39, 0.29) is 11.6 Å². The molecule has 0 radical (unpaired) electrons. The van der Waals surface area contributed by atoms with Crippen LogP contribution in [0.15, 0.2) is 54.6 Å². The summed E-state index contributed by atoms with van der Waals surface area (Å²) >= 11 is 0. The number of unbranched alkanes of at least 4 members (excludes halogenated alkanes) is 2. The molecule has 0 aliphatic rings. The maximum Gasteiger partial charge on any atom is 0.270 e. The SMILES string of the molecule is CCCCCNC(=O)/C(=C/c1cccc([N+](=O)[O-])c1)c1ccccc1. The largest absolute Gasteiger partial charge is 0.352 e. The second-order valence-corrected chi connectivity index (χ2v) is 5.74. The molecular formula is C20H22N2O3. The summed E-state index contributed by atoms with van der Waals surface area (Å²) < 4.78 is 0. The Morgan fingerprint density at radius 3 is 2.56 bits per heavy atom. The normalized spacial score (nSPS) is 11.2. The minimum Gasteiger partial charge on any atom is -0.352 e. The van der Waals surface area contributed by atoms with Gasteiger partial charge in [0.25, 0.3) is 11.6 Å². The van der Waals surface area contributed by atoms with Crippen molar-refractivity contribution in [1.82, 2.24) is 5.32 Å². The topological polar surface area (TPSA) is 72.2 Å². The standard InChI is InChI=1S/C20H22N2O3/c1-2-3-7-13-21-20(23)19(17-10-5-4-6-11-17)15-16-9-8-12-18(14-16)22(24)25/h4-6,8-12,14-15H,2-3,7,13H2,1H3,(H,21,23)/b19-15+. The second-order valence-electron chi connectivity index (χ2n) is 5.74. The van der Waals surface area contributed by atoms with Crippen molar-refractivity contribution in [2.45, 2.75) is 26.2 Å². The molecule has 1 N–H and O–H groups in total. The Kier molecular flexibility index (Phi) is 6.89. The Bertz CT molecular complexity index is 755. The summed E-state index contributed by atoms with van der Waals surface area (Å²) in [4.78, 5) is 23.1. The van der Waals surface area contributed by atoms with E-state index in [4.69, 9.17) is 0 Å². The smallest absolute Gasteiger partial charge is 0.270 e. The van der Waals surface area contributed by atoms with E-state index in [1.165, 1.54) is 12.1 Å². The van der Waals surface area contributed by atoms with Gasteiger partial charge in [-0.3, -0.25) is 14.9 Å².